The Morgan fingerprint density at radius 1 is 0.698 bits per heavy atom. The topological polar surface area (TPSA) is 103 Å². The largest absolute Gasteiger partial charge is 0.493 e. The van der Waals surface area contributed by atoms with Crippen LogP contribution in [0.4, 0.5) is 5.69 Å². The van der Waals surface area contributed by atoms with Crippen LogP contribution >= 0.6 is 0 Å². The van der Waals surface area contributed by atoms with Crippen LogP contribution < -0.4 is 24.8 Å². The van der Waals surface area contributed by atoms with E-state index in [1.54, 1.807) is 72.8 Å². The number of benzene rings is 4. The molecular formula is C35H32N2O6. The smallest absolute Gasteiger partial charge is 0.272 e. The van der Waals surface area contributed by atoms with Crippen LogP contribution in [0.5, 0.6) is 17.2 Å². The summed E-state index contributed by atoms with van der Waals surface area (Å²) in [7, 11) is 4.47. The molecule has 0 aliphatic heterocycles. The summed E-state index contributed by atoms with van der Waals surface area (Å²) in [6.07, 6.45) is 4.77. The average molecular weight is 577 g/mol. The maximum atomic E-state index is 13.5. The van der Waals surface area contributed by atoms with Gasteiger partial charge in [0.05, 0.1) is 21.3 Å². The molecular weight excluding hydrogens is 544 g/mol. The second-order valence-electron chi connectivity index (χ2n) is 9.48. The number of ether oxygens (including phenoxy) is 3. The van der Waals surface area contributed by atoms with E-state index in [0.29, 0.717) is 39.6 Å². The lowest BCUT2D eigenvalue weighted by Gasteiger charge is -2.14. The Morgan fingerprint density at radius 2 is 1.33 bits per heavy atom. The molecule has 43 heavy (non-hydrogen) atoms. The summed E-state index contributed by atoms with van der Waals surface area (Å²) >= 11 is 0. The number of allylic oxidation sites excluding steroid dienone is 1. The number of methoxy groups -OCH3 is 3. The molecule has 2 N–H and O–H groups in total. The van der Waals surface area contributed by atoms with E-state index in [9.17, 15) is 14.4 Å². The van der Waals surface area contributed by atoms with Gasteiger partial charge in [-0.2, -0.15) is 0 Å². The molecule has 4 aromatic rings. The third-order valence-electron chi connectivity index (χ3n) is 6.46. The van der Waals surface area contributed by atoms with Gasteiger partial charge in [0.1, 0.15) is 5.70 Å². The zero-order valence-electron chi connectivity index (χ0n) is 24.3. The van der Waals surface area contributed by atoms with Gasteiger partial charge in [0.25, 0.3) is 11.8 Å². The fourth-order valence-corrected chi connectivity index (χ4v) is 4.16. The van der Waals surface area contributed by atoms with Crippen molar-refractivity contribution in [3.63, 3.8) is 0 Å². The fourth-order valence-electron chi connectivity index (χ4n) is 4.16. The minimum Gasteiger partial charge on any atom is -0.493 e. The van der Waals surface area contributed by atoms with Crippen LogP contribution in [0.1, 0.15) is 37.4 Å². The van der Waals surface area contributed by atoms with Crippen molar-refractivity contribution in [2.24, 2.45) is 0 Å². The number of rotatable bonds is 11. The van der Waals surface area contributed by atoms with Gasteiger partial charge in [0.2, 0.25) is 5.75 Å². The molecule has 4 rings (SSSR count). The Balaban J connectivity index is 1.57. The number of hydrogen-bond donors (Lipinski definition) is 2. The predicted molar refractivity (Wildman–Crippen MR) is 168 cm³/mol. The Morgan fingerprint density at radius 3 is 1.91 bits per heavy atom. The molecule has 0 fully saturated rings. The third-order valence-corrected chi connectivity index (χ3v) is 6.46. The number of carbonyl (C=O) groups excluding carboxylic acids is 3. The van der Waals surface area contributed by atoms with E-state index in [1.807, 2.05) is 31.2 Å². The minimum atomic E-state index is -0.573. The Labute approximate surface area is 250 Å². The van der Waals surface area contributed by atoms with Crippen LogP contribution in [0.25, 0.3) is 12.2 Å². The van der Waals surface area contributed by atoms with E-state index in [0.717, 1.165) is 11.1 Å². The van der Waals surface area contributed by atoms with Crippen molar-refractivity contribution < 1.29 is 28.6 Å². The van der Waals surface area contributed by atoms with Crippen LogP contribution in [-0.2, 0) is 4.79 Å². The summed E-state index contributed by atoms with van der Waals surface area (Å²) in [5.41, 5.74) is 3.85. The van der Waals surface area contributed by atoms with Gasteiger partial charge in [-0.3, -0.25) is 14.4 Å². The third kappa shape index (κ3) is 7.98. The Kier molecular flexibility index (Phi) is 10.1. The summed E-state index contributed by atoms with van der Waals surface area (Å²) in [6, 6.07) is 26.2. The van der Waals surface area contributed by atoms with Gasteiger partial charge in [0.15, 0.2) is 17.3 Å². The van der Waals surface area contributed by atoms with Crippen molar-refractivity contribution in [1.29, 1.82) is 0 Å². The molecule has 0 radical (unpaired) electrons. The maximum absolute atomic E-state index is 13.5. The van der Waals surface area contributed by atoms with Gasteiger partial charge in [-0.15, -0.1) is 0 Å². The number of nitrogens with one attached hydrogen (secondary N) is 2. The first-order valence-corrected chi connectivity index (χ1v) is 13.4. The zero-order chi connectivity index (χ0) is 30.8. The van der Waals surface area contributed by atoms with E-state index < -0.39 is 11.8 Å². The van der Waals surface area contributed by atoms with Crippen LogP contribution in [0.3, 0.4) is 0 Å². The first-order valence-electron chi connectivity index (χ1n) is 13.4. The molecule has 0 bridgehead atoms. The van der Waals surface area contributed by atoms with E-state index >= 15 is 0 Å². The number of anilines is 1. The first-order chi connectivity index (χ1) is 20.8. The fraction of sp³-hybridized carbons (Fsp3) is 0.114. The lowest BCUT2D eigenvalue weighted by Crippen LogP contribution is -2.30. The first kappa shape index (κ1) is 30.3. The highest BCUT2D eigenvalue weighted by Gasteiger charge is 2.18. The highest BCUT2D eigenvalue weighted by molar-refractivity contribution is 6.11. The number of carbonyl (C=O) groups is 3. The Bertz CT molecular complexity index is 1630. The zero-order valence-corrected chi connectivity index (χ0v) is 24.3. The second-order valence-corrected chi connectivity index (χ2v) is 9.48. The van der Waals surface area contributed by atoms with Crippen molar-refractivity contribution in [2.45, 2.75) is 6.92 Å². The molecule has 0 atom stereocenters. The molecule has 0 heterocycles. The normalized spacial score (nSPS) is 11.1. The summed E-state index contributed by atoms with van der Waals surface area (Å²) in [6.45, 7) is 2.00. The molecule has 8 heteroatoms. The standard InChI is InChI=1S/C35H32N2O6/c1-23-10-12-24(13-11-23)14-19-30(38)26-15-17-28(18-16-26)36-35(40)29(37-34(39)27-8-6-5-7-9-27)20-25-21-31(41-2)33(43-4)32(22-25)42-3/h5-22H,1-4H3,(H,36,40)(H,37,39)/b19-14+,29-20-. The van der Waals surface area contributed by atoms with Gasteiger partial charge in [-0.05, 0) is 78.7 Å². The summed E-state index contributed by atoms with van der Waals surface area (Å²) in [4.78, 5) is 39.1. The van der Waals surface area contributed by atoms with E-state index in [2.05, 4.69) is 10.6 Å². The quantitative estimate of drug-likeness (QED) is 0.160. The molecule has 0 unspecified atom stereocenters. The average Bonchev–Trinajstić information content (AvgIpc) is 3.04. The van der Waals surface area contributed by atoms with Crippen molar-refractivity contribution in [2.75, 3.05) is 26.6 Å². The number of ketones is 1. The SMILES string of the molecule is COc1cc(/C=C(\NC(=O)c2ccccc2)C(=O)Nc2ccc(C(=O)/C=C/c3ccc(C)cc3)cc2)cc(OC)c1OC. The van der Waals surface area contributed by atoms with Crippen molar-refractivity contribution in [1.82, 2.24) is 5.32 Å². The molecule has 0 aromatic heterocycles. The molecule has 0 aliphatic carbocycles. The molecule has 4 aromatic carbocycles. The number of hydrogen-bond acceptors (Lipinski definition) is 6. The lowest BCUT2D eigenvalue weighted by atomic mass is 10.1. The van der Waals surface area contributed by atoms with Crippen LogP contribution in [0.15, 0.2) is 103 Å². The van der Waals surface area contributed by atoms with Crippen LogP contribution in [0, 0.1) is 6.92 Å². The summed E-state index contributed by atoms with van der Waals surface area (Å²) in [5, 5.41) is 5.49. The van der Waals surface area contributed by atoms with Crippen molar-refractivity contribution >= 4 is 35.4 Å². The molecule has 0 saturated carbocycles. The second kappa shape index (κ2) is 14.3. The Hall–Kier alpha value is -5.63. The van der Waals surface area contributed by atoms with E-state index in [4.69, 9.17) is 14.2 Å². The van der Waals surface area contributed by atoms with Crippen molar-refractivity contribution in [3.05, 3.63) is 131 Å². The van der Waals surface area contributed by atoms with Crippen LogP contribution in [0.2, 0.25) is 0 Å². The van der Waals surface area contributed by atoms with Gasteiger partial charge in [-0.25, -0.2) is 0 Å². The van der Waals surface area contributed by atoms with E-state index in [-0.39, 0.29) is 11.5 Å². The van der Waals surface area contributed by atoms with E-state index in [1.165, 1.54) is 33.5 Å². The van der Waals surface area contributed by atoms with Gasteiger partial charge in [-0.1, -0.05) is 54.1 Å². The molecule has 218 valence electrons. The number of amides is 2. The maximum Gasteiger partial charge on any atom is 0.272 e. The molecule has 2 amide bonds. The van der Waals surface area contributed by atoms with Crippen molar-refractivity contribution in [3.8, 4) is 17.2 Å². The molecule has 0 aliphatic rings. The van der Waals surface area contributed by atoms with Gasteiger partial charge < -0.3 is 24.8 Å². The summed E-state index contributed by atoms with van der Waals surface area (Å²) in [5.74, 6) is -0.0358. The molecule has 8 nitrogen and oxygen atoms in total. The predicted octanol–water partition coefficient (Wildman–Crippen LogP) is 6.33. The highest BCUT2D eigenvalue weighted by Crippen LogP contribution is 2.38. The highest BCUT2D eigenvalue weighted by atomic mass is 16.5. The van der Waals surface area contributed by atoms with Crippen LogP contribution in [-0.4, -0.2) is 38.9 Å². The van der Waals surface area contributed by atoms with Gasteiger partial charge in [0, 0.05) is 16.8 Å². The van der Waals surface area contributed by atoms with Gasteiger partial charge >= 0.3 is 0 Å². The summed E-state index contributed by atoms with van der Waals surface area (Å²) < 4.78 is 16.2. The number of aryl methyl sites for hydroxylation is 1. The minimum absolute atomic E-state index is 0.0238. The molecule has 0 spiro atoms. The monoisotopic (exact) mass is 576 g/mol. The lowest BCUT2D eigenvalue weighted by molar-refractivity contribution is -0.113. The molecule has 0 saturated heterocycles.